The monoisotopic (exact) mass is 483 g/mol. The summed E-state index contributed by atoms with van der Waals surface area (Å²) in [5.41, 5.74) is 0.998. The van der Waals surface area contributed by atoms with Gasteiger partial charge in [0.15, 0.2) is 6.61 Å². The predicted octanol–water partition coefficient (Wildman–Crippen LogP) is 6.46. The van der Waals surface area contributed by atoms with E-state index in [1.807, 2.05) is 66.7 Å². The largest absolute Gasteiger partial charge is 0.487 e. The zero-order valence-corrected chi connectivity index (χ0v) is 19.2. The van der Waals surface area contributed by atoms with Crippen LogP contribution in [-0.2, 0) is 6.16 Å². The van der Waals surface area contributed by atoms with Crippen molar-refractivity contribution in [2.24, 2.45) is 0 Å². The summed E-state index contributed by atoms with van der Waals surface area (Å²) in [5, 5.41) is 3.68. The standard InChI is InChI=1S/C28H24F4OP/c29-27(30)28(31,32)21-33-23-18-16-22(17-19-23)20-34(24-10-4-1-5-11-24,25-12-6-2-7-13-25)26-14-8-3-9-15-26/h1-19,27H,20-21H2/q+1. The van der Waals surface area contributed by atoms with E-state index in [4.69, 9.17) is 4.74 Å². The fourth-order valence-electron chi connectivity index (χ4n) is 3.98. The highest BCUT2D eigenvalue weighted by atomic mass is 31.2. The molecule has 0 fully saturated rings. The molecule has 0 aromatic heterocycles. The molecule has 0 saturated carbocycles. The highest BCUT2D eigenvalue weighted by Gasteiger charge is 2.45. The van der Waals surface area contributed by atoms with Gasteiger partial charge in [0.1, 0.15) is 28.9 Å². The quantitative estimate of drug-likeness (QED) is 0.196. The van der Waals surface area contributed by atoms with Gasteiger partial charge >= 0.3 is 12.3 Å². The highest BCUT2D eigenvalue weighted by Crippen LogP contribution is 2.58. The van der Waals surface area contributed by atoms with E-state index in [1.54, 1.807) is 12.1 Å². The van der Waals surface area contributed by atoms with E-state index in [9.17, 15) is 17.6 Å². The number of rotatable bonds is 9. The van der Waals surface area contributed by atoms with Crippen LogP contribution in [0.4, 0.5) is 17.6 Å². The van der Waals surface area contributed by atoms with Gasteiger partial charge in [0, 0.05) is 0 Å². The molecule has 0 amide bonds. The second-order valence-electron chi connectivity index (χ2n) is 7.97. The third kappa shape index (κ3) is 5.15. The molecular formula is C28H24F4OP+. The van der Waals surface area contributed by atoms with Crippen LogP contribution in [-0.4, -0.2) is 19.0 Å². The first-order valence-corrected chi connectivity index (χ1v) is 12.8. The summed E-state index contributed by atoms with van der Waals surface area (Å²) >= 11 is 0. The van der Waals surface area contributed by atoms with Crippen molar-refractivity contribution >= 4 is 23.2 Å². The Hall–Kier alpha value is -3.17. The van der Waals surface area contributed by atoms with Crippen LogP contribution in [0.5, 0.6) is 5.75 Å². The minimum absolute atomic E-state index is 0.132. The molecule has 6 heteroatoms. The van der Waals surface area contributed by atoms with E-state index in [0.29, 0.717) is 6.16 Å². The van der Waals surface area contributed by atoms with Crippen molar-refractivity contribution in [3.05, 3.63) is 121 Å². The van der Waals surface area contributed by atoms with Crippen LogP contribution in [0.3, 0.4) is 0 Å². The molecule has 174 valence electrons. The fraction of sp³-hybridized carbons (Fsp3) is 0.143. The molecule has 0 aliphatic carbocycles. The molecule has 0 aliphatic heterocycles. The van der Waals surface area contributed by atoms with Crippen LogP contribution in [0.25, 0.3) is 0 Å². The molecule has 1 nitrogen and oxygen atoms in total. The van der Waals surface area contributed by atoms with Crippen LogP contribution in [0.2, 0.25) is 0 Å². The lowest BCUT2D eigenvalue weighted by Gasteiger charge is -2.28. The fourth-order valence-corrected chi connectivity index (χ4v) is 8.22. The molecule has 0 atom stereocenters. The SMILES string of the molecule is FC(F)C(F)(F)COc1ccc(C[P+](c2ccccc2)(c2ccccc2)c2ccccc2)cc1. The van der Waals surface area contributed by atoms with Gasteiger partial charge in [-0.05, 0) is 54.1 Å². The van der Waals surface area contributed by atoms with Gasteiger partial charge in [0.05, 0.1) is 6.16 Å². The van der Waals surface area contributed by atoms with E-state index in [2.05, 4.69) is 36.4 Å². The van der Waals surface area contributed by atoms with Crippen molar-refractivity contribution in [3.8, 4) is 5.75 Å². The Morgan fingerprint density at radius 1 is 0.618 bits per heavy atom. The number of hydrogen-bond acceptors (Lipinski definition) is 1. The minimum atomic E-state index is -4.19. The van der Waals surface area contributed by atoms with Gasteiger partial charge < -0.3 is 4.74 Å². The summed E-state index contributed by atoms with van der Waals surface area (Å²) in [6, 6.07) is 37.9. The Balaban J connectivity index is 1.73. The molecule has 4 rings (SSSR count). The van der Waals surface area contributed by atoms with Gasteiger partial charge in [-0.25, -0.2) is 8.78 Å². The van der Waals surface area contributed by atoms with E-state index in [0.717, 1.165) is 5.56 Å². The Morgan fingerprint density at radius 2 is 1.03 bits per heavy atom. The first kappa shape index (κ1) is 24.0. The summed E-state index contributed by atoms with van der Waals surface area (Å²) in [4.78, 5) is 0. The molecule has 4 aromatic carbocycles. The van der Waals surface area contributed by atoms with Gasteiger partial charge in [-0.1, -0.05) is 66.7 Å². The Labute approximate surface area is 197 Å². The first-order chi connectivity index (χ1) is 16.4. The van der Waals surface area contributed by atoms with Crippen molar-refractivity contribution in [1.82, 2.24) is 0 Å². The van der Waals surface area contributed by atoms with Crippen molar-refractivity contribution in [2.45, 2.75) is 18.5 Å². The second-order valence-corrected chi connectivity index (χ2v) is 11.5. The molecule has 0 saturated heterocycles. The van der Waals surface area contributed by atoms with Crippen LogP contribution in [0.15, 0.2) is 115 Å². The average Bonchev–Trinajstić information content (AvgIpc) is 2.88. The summed E-state index contributed by atoms with van der Waals surface area (Å²) in [7, 11) is -2.11. The first-order valence-electron chi connectivity index (χ1n) is 10.8. The molecule has 0 radical (unpaired) electrons. The summed E-state index contributed by atoms with van der Waals surface area (Å²) in [6.07, 6.45) is -3.06. The number of alkyl halides is 4. The van der Waals surface area contributed by atoms with E-state index in [1.165, 1.54) is 15.9 Å². The van der Waals surface area contributed by atoms with Crippen LogP contribution in [0.1, 0.15) is 5.56 Å². The number of halogens is 4. The van der Waals surface area contributed by atoms with Gasteiger partial charge in [0.25, 0.3) is 0 Å². The maximum Gasteiger partial charge on any atom is 0.340 e. The average molecular weight is 483 g/mol. The lowest BCUT2D eigenvalue weighted by molar-refractivity contribution is -0.148. The van der Waals surface area contributed by atoms with Gasteiger partial charge in [-0.15, -0.1) is 0 Å². The molecule has 0 spiro atoms. The lowest BCUT2D eigenvalue weighted by atomic mass is 10.2. The normalized spacial score (nSPS) is 12.0. The van der Waals surface area contributed by atoms with Crippen molar-refractivity contribution in [2.75, 3.05) is 6.61 Å². The second kappa shape index (κ2) is 10.4. The van der Waals surface area contributed by atoms with Gasteiger partial charge in [-0.3, -0.25) is 0 Å². The maximum atomic E-state index is 13.2. The molecule has 0 N–H and O–H groups in total. The topological polar surface area (TPSA) is 9.23 Å². The summed E-state index contributed by atoms with van der Waals surface area (Å²) in [5.74, 6) is -4.06. The summed E-state index contributed by atoms with van der Waals surface area (Å²) < 4.78 is 56.2. The molecular weight excluding hydrogens is 459 g/mol. The van der Waals surface area contributed by atoms with E-state index < -0.39 is 26.2 Å². The van der Waals surface area contributed by atoms with Crippen LogP contribution < -0.4 is 20.7 Å². The Kier molecular flexibility index (Phi) is 7.33. The van der Waals surface area contributed by atoms with Crippen LogP contribution in [0, 0.1) is 0 Å². The lowest BCUT2D eigenvalue weighted by Crippen LogP contribution is -2.33. The molecule has 0 bridgehead atoms. The number of benzene rings is 4. The number of ether oxygens (including phenoxy) is 1. The highest BCUT2D eigenvalue weighted by molar-refractivity contribution is 7.95. The molecule has 0 heterocycles. The molecule has 4 aromatic rings. The van der Waals surface area contributed by atoms with Crippen molar-refractivity contribution in [3.63, 3.8) is 0 Å². The zero-order chi connectivity index (χ0) is 24.0. The Morgan fingerprint density at radius 3 is 1.41 bits per heavy atom. The molecule has 0 unspecified atom stereocenters. The smallest absolute Gasteiger partial charge is 0.340 e. The van der Waals surface area contributed by atoms with Crippen LogP contribution >= 0.6 is 7.26 Å². The minimum Gasteiger partial charge on any atom is -0.487 e. The Bertz CT molecular complexity index is 1070. The van der Waals surface area contributed by atoms with Gasteiger partial charge in [-0.2, -0.15) is 8.78 Å². The van der Waals surface area contributed by atoms with E-state index >= 15 is 0 Å². The molecule has 0 aliphatic rings. The maximum absolute atomic E-state index is 13.2. The van der Waals surface area contributed by atoms with Crippen molar-refractivity contribution in [1.29, 1.82) is 0 Å². The zero-order valence-electron chi connectivity index (χ0n) is 18.3. The third-order valence-electron chi connectivity index (χ3n) is 5.68. The van der Waals surface area contributed by atoms with E-state index in [-0.39, 0.29) is 5.75 Å². The van der Waals surface area contributed by atoms with Gasteiger partial charge in [0.2, 0.25) is 0 Å². The third-order valence-corrected chi connectivity index (χ3v) is 10.1. The predicted molar refractivity (Wildman–Crippen MR) is 132 cm³/mol. The summed E-state index contributed by atoms with van der Waals surface area (Å²) in [6.45, 7) is -1.36. The number of hydrogen-bond donors (Lipinski definition) is 0. The van der Waals surface area contributed by atoms with Crippen molar-refractivity contribution < 1.29 is 22.3 Å². The molecule has 34 heavy (non-hydrogen) atoms.